The number of rotatable bonds is 2. The molecule has 0 N–H and O–H groups in total. The van der Waals surface area contributed by atoms with Crippen molar-refractivity contribution in [1.82, 2.24) is 0 Å². The summed E-state index contributed by atoms with van der Waals surface area (Å²) in [4.78, 5) is 2.78. The van der Waals surface area contributed by atoms with Crippen LogP contribution in [0.1, 0.15) is 23.3 Å². The summed E-state index contributed by atoms with van der Waals surface area (Å²) in [6.45, 7) is 2.15. The lowest BCUT2D eigenvalue weighted by Crippen LogP contribution is -1.83. The van der Waals surface area contributed by atoms with Gasteiger partial charge in [0.2, 0.25) is 0 Å². The van der Waals surface area contributed by atoms with E-state index in [1.807, 2.05) is 11.3 Å². The maximum absolute atomic E-state index is 2.26. The van der Waals surface area contributed by atoms with E-state index in [1.54, 1.807) is 0 Å². The summed E-state index contributed by atoms with van der Waals surface area (Å²) in [6, 6.07) is 13.2. The smallest absolute Gasteiger partial charge is 0.0349 e. The number of hydrogen-bond donors (Lipinski definition) is 0. The van der Waals surface area contributed by atoms with Crippen molar-refractivity contribution in [1.29, 1.82) is 0 Å². The fourth-order valence-electron chi connectivity index (χ4n) is 2.27. The van der Waals surface area contributed by atoms with Crippen LogP contribution in [-0.4, -0.2) is 0 Å². The highest BCUT2D eigenvalue weighted by Crippen LogP contribution is 2.34. The molecule has 18 heavy (non-hydrogen) atoms. The molecule has 3 rings (SSSR count). The monoisotopic (exact) mass is 252 g/mol. The van der Waals surface area contributed by atoms with Crippen molar-refractivity contribution in [3.8, 4) is 10.4 Å². The zero-order chi connectivity index (χ0) is 12.4. The Labute approximate surface area is 112 Å². The summed E-state index contributed by atoms with van der Waals surface area (Å²) in [5.41, 5.74) is 4.13. The summed E-state index contributed by atoms with van der Waals surface area (Å²) in [7, 11) is 0. The van der Waals surface area contributed by atoms with Gasteiger partial charge in [-0.15, -0.1) is 11.3 Å². The van der Waals surface area contributed by atoms with Gasteiger partial charge < -0.3 is 0 Å². The molecule has 0 atom stereocenters. The lowest BCUT2D eigenvalue weighted by atomic mass is 10.0. The second kappa shape index (κ2) is 4.95. The number of allylic oxidation sites excluding steroid dienone is 4. The number of hydrogen-bond acceptors (Lipinski definition) is 1. The quantitative estimate of drug-likeness (QED) is 0.666. The first-order valence-corrected chi connectivity index (χ1v) is 7.17. The van der Waals surface area contributed by atoms with Crippen LogP contribution in [0.15, 0.2) is 54.6 Å². The Morgan fingerprint density at radius 2 is 1.94 bits per heavy atom. The molecule has 0 saturated carbocycles. The summed E-state index contributed by atoms with van der Waals surface area (Å²) in [5, 5.41) is 0. The van der Waals surface area contributed by atoms with Crippen molar-refractivity contribution in [3.05, 3.63) is 65.1 Å². The third kappa shape index (κ3) is 2.32. The highest BCUT2D eigenvalue weighted by atomic mass is 32.1. The van der Waals surface area contributed by atoms with Crippen LogP contribution >= 0.6 is 11.3 Å². The topological polar surface area (TPSA) is 0 Å². The van der Waals surface area contributed by atoms with Crippen LogP contribution in [0.5, 0.6) is 0 Å². The number of thiophene rings is 1. The first-order chi connectivity index (χ1) is 8.83. The Morgan fingerprint density at radius 3 is 2.72 bits per heavy atom. The molecule has 0 amide bonds. The van der Waals surface area contributed by atoms with E-state index in [1.165, 1.54) is 39.3 Å². The largest absolute Gasteiger partial charge is 0.136 e. The van der Waals surface area contributed by atoms with E-state index in [9.17, 15) is 0 Å². The fourth-order valence-corrected chi connectivity index (χ4v) is 3.33. The molecule has 1 aromatic carbocycles. The molecule has 0 spiro atoms. The van der Waals surface area contributed by atoms with E-state index >= 15 is 0 Å². The van der Waals surface area contributed by atoms with Gasteiger partial charge >= 0.3 is 0 Å². The highest BCUT2D eigenvalue weighted by molar-refractivity contribution is 7.16. The molecule has 0 fully saturated rings. The molecule has 1 heterocycles. The van der Waals surface area contributed by atoms with Crippen molar-refractivity contribution in [3.63, 3.8) is 0 Å². The third-order valence-electron chi connectivity index (χ3n) is 3.24. The second-order valence-corrected chi connectivity index (χ2v) is 5.78. The maximum Gasteiger partial charge on any atom is 0.0349 e. The van der Waals surface area contributed by atoms with Crippen molar-refractivity contribution in [2.24, 2.45) is 0 Å². The first-order valence-electron chi connectivity index (χ1n) is 6.36. The Balaban J connectivity index is 1.94. The van der Waals surface area contributed by atoms with Crippen LogP contribution < -0.4 is 0 Å². The van der Waals surface area contributed by atoms with E-state index in [-0.39, 0.29) is 0 Å². The molecule has 1 heteroatoms. The molecule has 90 valence electrons. The molecular formula is C17H16S. The van der Waals surface area contributed by atoms with Crippen molar-refractivity contribution in [2.45, 2.75) is 19.8 Å². The standard InChI is InChI=1S/C17H16S/c1-13-6-5-9-15(12-13)17-11-10-16(18-17)14-7-3-2-4-8-14/h2-3,5-7,9-12H,4,8H2,1H3. The van der Waals surface area contributed by atoms with Gasteiger partial charge in [0.1, 0.15) is 0 Å². The van der Waals surface area contributed by atoms with E-state index in [0.29, 0.717) is 0 Å². The van der Waals surface area contributed by atoms with Gasteiger partial charge in [0.25, 0.3) is 0 Å². The minimum Gasteiger partial charge on any atom is -0.136 e. The molecule has 0 aliphatic heterocycles. The van der Waals surface area contributed by atoms with Gasteiger partial charge in [-0.1, -0.05) is 48.1 Å². The minimum atomic E-state index is 1.17. The molecular weight excluding hydrogens is 236 g/mol. The Bertz CT molecular complexity index is 614. The van der Waals surface area contributed by atoms with Crippen LogP contribution in [0.2, 0.25) is 0 Å². The SMILES string of the molecule is Cc1cccc(-c2ccc(C3=CC=CCC3)s2)c1. The Morgan fingerprint density at radius 1 is 1.06 bits per heavy atom. The third-order valence-corrected chi connectivity index (χ3v) is 4.45. The molecule has 1 aliphatic rings. The number of benzene rings is 1. The van der Waals surface area contributed by atoms with Crippen LogP contribution in [0, 0.1) is 6.92 Å². The van der Waals surface area contributed by atoms with Crippen molar-refractivity contribution >= 4 is 16.9 Å². The van der Waals surface area contributed by atoms with Gasteiger partial charge in [-0.3, -0.25) is 0 Å². The molecule has 1 aromatic heterocycles. The zero-order valence-electron chi connectivity index (χ0n) is 10.5. The first kappa shape index (κ1) is 11.5. The predicted octanol–water partition coefficient (Wildman–Crippen LogP) is 5.46. The normalized spacial score (nSPS) is 14.6. The highest BCUT2D eigenvalue weighted by Gasteiger charge is 2.08. The minimum absolute atomic E-state index is 1.17. The van der Waals surface area contributed by atoms with Gasteiger partial charge in [-0.25, -0.2) is 0 Å². The Kier molecular flexibility index (Phi) is 3.16. The zero-order valence-corrected chi connectivity index (χ0v) is 11.3. The van der Waals surface area contributed by atoms with E-state index < -0.39 is 0 Å². The van der Waals surface area contributed by atoms with Crippen LogP contribution in [0.4, 0.5) is 0 Å². The Hall–Kier alpha value is -1.60. The lowest BCUT2D eigenvalue weighted by molar-refractivity contribution is 1.06. The predicted molar refractivity (Wildman–Crippen MR) is 80.8 cm³/mol. The van der Waals surface area contributed by atoms with E-state index in [0.717, 1.165) is 0 Å². The van der Waals surface area contributed by atoms with Gasteiger partial charge in [0, 0.05) is 9.75 Å². The van der Waals surface area contributed by atoms with Crippen molar-refractivity contribution < 1.29 is 0 Å². The molecule has 0 radical (unpaired) electrons. The molecule has 2 aromatic rings. The van der Waals surface area contributed by atoms with E-state index in [4.69, 9.17) is 0 Å². The van der Waals surface area contributed by atoms with Crippen molar-refractivity contribution in [2.75, 3.05) is 0 Å². The van der Waals surface area contributed by atoms with Gasteiger partial charge in [-0.2, -0.15) is 0 Å². The second-order valence-electron chi connectivity index (χ2n) is 4.69. The van der Waals surface area contributed by atoms with Gasteiger partial charge in [-0.05, 0) is 43.0 Å². The molecule has 1 aliphatic carbocycles. The molecule has 0 unspecified atom stereocenters. The molecule has 0 saturated heterocycles. The van der Waals surface area contributed by atoms with Crippen LogP contribution in [0.3, 0.4) is 0 Å². The summed E-state index contributed by atoms with van der Waals surface area (Å²) < 4.78 is 0. The number of aryl methyl sites for hydroxylation is 1. The van der Waals surface area contributed by atoms with Crippen LogP contribution in [0.25, 0.3) is 16.0 Å². The summed E-state index contributed by atoms with van der Waals surface area (Å²) in [5.74, 6) is 0. The average molecular weight is 252 g/mol. The van der Waals surface area contributed by atoms with Crippen LogP contribution in [-0.2, 0) is 0 Å². The van der Waals surface area contributed by atoms with E-state index in [2.05, 4.69) is 61.5 Å². The summed E-state index contributed by atoms with van der Waals surface area (Å²) >= 11 is 1.90. The lowest BCUT2D eigenvalue weighted by Gasteiger charge is -2.05. The molecule has 0 nitrogen and oxygen atoms in total. The summed E-state index contributed by atoms with van der Waals surface area (Å²) in [6.07, 6.45) is 8.99. The average Bonchev–Trinajstić information content (AvgIpc) is 2.89. The van der Waals surface area contributed by atoms with Gasteiger partial charge in [0.15, 0.2) is 0 Å². The fraction of sp³-hybridized carbons (Fsp3) is 0.176. The van der Waals surface area contributed by atoms with Gasteiger partial charge in [0.05, 0.1) is 0 Å². The maximum atomic E-state index is 2.26. The molecule has 0 bridgehead atoms.